The summed E-state index contributed by atoms with van der Waals surface area (Å²) < 4.78 is 6.05. The molecule has 2 aromatic rings. The Morgan fingerprint density at radius 3 is 2.50 bits per heavy atom. The Labute approximate surface area is 181 Å². The second-order valence-electron chi connectivity index (χ2n) is 8.61. The summed E-state index contributed by atoms with van der Waals surface area (Å²) in [6.45, 7) is 8.46. The van der Waals surface area contributed by atoms with Crippen LogP contribution in [0.25, 0.3) is 0 Å². The summed E-state index contributed by atoms with van der Waals surface area (Å²) >= 11 is 0. The third-order valence-corrected chi connectivity index (χ3v) is 6.62. The molecule has 1 fully saturated rings. The molecule has 4 heteroatoms. The number of aryl methyl sites for hydroxylation is 1. The van der Waals surface area contributed by atoms with Gasteiger partial charge in [-0.3, -0.25) is 9.80 Å². The first-order chi connectivity index (χ1) is 14.6. The molecule has 0 N–H and O–H groups in total. The minimum absolute atomic E-state index is 0.266. The van der Waals surface area contributed by atoms with Gasteiger partial charge in [-0.1, -0.05) is 50.2 Å². The summed E-state index contributed by atoms with van der Waals surface area (Å²) in [6, 6.07) is 17.8. The molecule has 30 heavy (non-hydrogen) atoms. The zero-order valence-electron chi connectivity index (χ0n) is 18.8. The summed E-state index contributed by atoms with van der Waals surface area (Å²) in [7, 11) is 4.46. The number of hydrogen-bond acceptors (Lipinski definition) is 4. The van der Waals surface area contributed by atoms with E-state index in [1.807, 2.05) is 0 Å². The largest absolute Gasteiger partial charge is 0.489 e. The van der Waals surface area contributed by atoms with Gasteiger partial charge in [-0.25, -0.2) is 0 Å². The first kappa shape index (κ1) is 21.0. The van der Waals surface area contributed by atoms with E-state index in [9.17, 15) is 0 Å². The Hall–Kier alpha value is -2.30. The van der Waals surface area contributed by atoms with Crippen molar-refractivity contribution in [3.05, 3.63) is 77.0 Å². The number of rotatable bonds is 6. The lowest BCUT2D eigenvalue weighted by atomic mass is 9.93. The molecule has 0 spiro atoms. The second-order valence-corrected chi connectivity index (χ2v) is 8.61. The van der Waals surface area contributed by atoms with Crippen LogP contribution in [0.5, 0.6) is 5.75 Å². The van der Waals surface area contributed by atoms with Gasteiger partial charge in [0.25, 0.3) is 0 Å². The summed E-state index contributed by atoms with van der Waals surface area (Å²) in [5.41, 5.74) is 5.43. The third-order valence-electron chi connectivity index (χ3n) is 6.62. The molecule has 4 rings (SSSR count). The predicted octanol–water partition coefficient (Wildman–Crippen LogP) is 4.68. The van der Waals surface area contributed by atoms with E-state index in [4.69, 9.17) is 4.74 Å². The number of fused-ring (bicyclic) bond motifs is 1. The van der Waals surface area contributed by atoms with E-state index in [0.29, 0.717) is 12.6 Å². The molecule has 0 aliphatic carbocycles. The average molecular weight is 406 g/mol. The van der Waals surface area contributed by atoms with Crippen LogP contribution in [0.4, 0.5) is 0 Å². The van der Waals surface area contributed by atoms with Crippen molar-refractivity contribution in [2.24, 2.45) is 0 Å². The lowest BCUT2D eigenvalue weighted by molar-refractivity contribution is 0.0460. The first-order valence-corrected chi connectivity index (χ1v) is 11.3. The van der Waals surface area contributed by atoms with Crippen molar-refractivity contribution in [2.75, 3.05) is 33.7 Å². The Bertz CT molecular complexity index is 876. The van der Waals surface area contributed by atoms with Gasteiger partial charge < -0.3 is 9.64 Å². The van der Waals surface area contributed by atoms with Crippen LogP contribution in [-0.4, -0.2) is 54.5 Å². The molecular formula is C26H35N3O. The first-order valence-electron chi connectivity index (χ1n) is 11.3. The number of likely N-dealkylation sites (N-methyl/N-ethyl adjacent to an activating group) is 2. The standard InChI is InChI=1S/C26H35N3O/c1-5-20-8-7-9-21(16-20)19-30-24-12-10-22(11-13-24)26-27(3)17-23-18-29(6-2)15-14-25(23)28(26)4/h7-13,16-17,25-26H,5-6,14-15,18-19H2,1-4H3. The van der Waals surface area contributed by atoms with Gasteiger partial charge in [-0.15, -0.1) is 0 Å². The zero-order valence-corrected chi connectivity index (χ0v) is 18.8. The lowest BCUT2D eigenvalue weighted by Crippen LogP contribution is -2.52. The number of likely N-dealkylation sites (tertiary alicyclic amines) is 1. The molecule has 4 nitrogen and oxygen atoms in total. The highest BCUT2D eigenvalue weighted by Crippen LogP contribution is 2.36. The van der Waals surface area contributed by atoms with Crippen LogP contribution in [0.15, 0.2) is 60.3 Å². The molecule has 0 saturated carbocycles. The highest BCUT2D eigenvalue weighted by atomic mass is 16.5. The minimum atomic E-state index is 0.266. The fourth-order valence-corrected chi connectivity index (χ4v) is 4.90. The van der Waals surface area contributed by atoms with E-state index in [1.165, 1.54) is 29.7 Å². The van der Waals surface area contributed by atoms with Gasteiger partial charge in [-0.2, -0.15) is 0 Å². The van der Waals surface area contributed by atoms with Gasteiger partial charge in [0.2, 0.25) is 0 Å². The number of piperidine rings is 1. The summed E-state index contributed by atoms with van der Waals surface area (Å²) in [4.78, 5) is 7.43. The SMILES string of the molecule is CCc1cccc(COc2ccc(C3N(C)C=C4CN(CC)CCC4N3C)cc2)c1. The lowest BCUT2D eigenvalue weighted by Gasteiger charge is -2.48. The quantitative estimate of drug-likeness (QED) is 0.694. The Kier molecular flexibility index (Phi) is 6.45. The van der Waals surface area contributed by atoms with Gasteiger partial charge in [-0.05, 0) is 60.8 Å². The molecule has 1 saturated heterocycles. The van der Waals surface area contributed by atoms with Gasteiger partial charge >= 0.3 is 0 Å². The second kappa shape index (κ2) is 9.23. The van der Waals surface area contributed by atoms with Gasteiger partial charge in [0, 0.05) is 32.4 Å². The maximum Gasteiger partial charge on any atom is 0.119 e. The fourth-order valence-electron chi connectivity index (χ4n) is 4.90. The van der Waals surface area contributed by atoms with Crippen LogP contribution in [0.2, 0.25) is 0 Å². The van der Waals surface area contributed by atoms with Crippen LogP contribution < -0.4 is 4.74 Å². The van der Waals surface area contributed by atoms with Crippen LogP contribution in [0.3, 0.4) is 0 Å². The normalized spacial score (nSPS) is 22.5. The van der Waals surface area contributed by atoms with Crippen LogP contribution in [0, 0.1) is 0 Å². The van der Waals surface area contributed by atoms with E-state index in [1.54, 1.807) is 5.57 Å². The van der Waals surface area contributed by atoms with Crippen molar-refractivity contribution >= 4 is 0 Å². The molecule has 0 radical (unpaired) electrons. The van der Waals surface area contributed by atoms with Crippen molar-refractivity contribution < 1.29 is 4.74 Å². The maximum atomic E-state index is 6.05. The predicted molar refractivity (Wildman–Crippen MR) is 123 cm³/mol. The zero-order chi connectivity index (χ0) is 21.1. The number of ether oxygens (including phenoxy) is 1. The van der Waals surface area contributed by atoms with Gasteiger partial charge in [0.15, 0.2) is 0 Å². The molecule has 0 bridgehead atoms. The van der Waals surface area contributed by atoms with Crippen molar-refractivity contribution in [2.45, 2.75) is 45.5 Å². The van der Waals surface area contributed by atoms with Crippen molar-refractivity contribution in [3.8, 4) is 5.75 Å². The van der Waals surface area contributed by atoms with Crippen molar-refractivity contribution in [1.82, 2.24) is 14.7 Å². The van der Waals surface area contributed by atoms with Crippen molar-refractivity contribution in [3.63, 3.8) is 0 Å². The molecule has 2 aromatic carbocycles. The highest BCUT2D eigenvalue weighted by molar-refractivity contribution is 5.32. The van der Waals surface area contributed by atoms with E-state index < -0.39 is 0 Å². The molecule has 160 valence electrons. The summed E-state index contributed by atoms with van der Waals surface area (Å²) in [6.07, 6.45) is 4.90. The molecule has 2 heterocycles. The van der Waals surface area contributed by atoms with Crippen LogP contribution in [0.1, 0.15) is 43.1 Å². The molecule has 2 unspecified atom stereocenters. The monoisotopic (exact) mass is 405 g/mol. The molecule has 2 atom stereocenters. The van der Waals surface area contributed by atoms with Crippen LogP contribution >= 0.6 is 0 Å². The number of hydrogen-bond donors (Lipinski definition) is 0. The van der Waals surface area contributed by atoms with E-state index in [0.717, 1.165) is 25.3 Å². The molecule has 0 aromatic heterocycles. The Balaban J connectivity index is 1.44. The van der Waals surface area contributed by atoms with E-state index in [-0.39, 0.29) is 6.17 Å². The molecule has 2 aliphatic heterocycles. The number of nitrogens with zero attached hydrogens (tertiary/aromatic N) is 3. The summed E-state index contributed by atoms with van der Waals surface area (Å²) in [5, 5.41) is 0. The topological polar surface area (TPSA) is 19.0 Å². The maximum absolute atomic E-state index is 6.05. The number of benzene rings is 2. The van der Waals surface area contributed by atoms with E-state index >= 15 is 0 Å². The van der Waals surface area contributed by atoms with Crippen LogP contribution in [-0.2, 0) is 13.0 Å². The highest BCUT2D eigenvalue weighted by Gasteiger charge is 2.36. The third kappa shape index (κ3) is 4.40. The Morgan fingerprint density at radius 2 is 1.77 bits per heavy atom. The minimum Gasteiger partial charge on any atom is -0.489 e. The summed E-state index contributed by atoms with van der Waals surface area (Å²) in [5.74, 6) is 0.925. The van der Waals surface area contributed by atoms with Gasteiger partial charge in [0.05, 0.1) is 0 Å². The van der Waals surface area contributed by atoms with Gasteiger partial charge in [0.1, 0.15) is 18.5 Å². The average Bonchev–Trinajstić information content (AvgIpc) is 2.78. The van der Waals surface area contributed by atoms with E-state index in [2.05, 4.69) is 97.4 Å². The molecule has 2 aliphatic rings. The fraction of sp³-hybridized carbons (Fsp3) is 0.462. The Morgan fingerprint density at radius 1 is 1.00 bits per heavy atom. The molecular weight excluding hydrogens is 370 g/mol. The molecule has 0 amide bonds. The van der Waals surface area contributed by atoms with Crippen molar-refractivity contribution in [1.29, 1.82) is 0 Å². The smallest absolute Gasteiger partial charge is 0.119 e.